The molecular weight excluding hydrogens is 314 g/mol. The third-order valence-electron chi connectivity index (χ3n) is 4.59. The van der Waals surface area contributed by atoms with Crippen LogP contribution in [0.15, 0.2) is 30.3 Å². The van der Waals surface area contributed by atoms with E-state index in [1.54, 1.807) is 4.68 Å². The number of piperazine rings is 1. The fraction of sp³-hybridized carbons (Fsp3) is 0.474. The first-order valence-electron chi connectivity index (χ1n) is 8.80. The average Bonchev–Trinajstić information content (AvgIpc) is 2.87. The summed E-state index contributed by atoms with van der Waals surface area (Å²) >= 11 is 0. The molecular formula is C19H27N5O. The van der Waals surface area contributed by atoms with Gasteiger partial charge in [0.2, 0.25) is 5.91 Å². The van der Waals surface area contributed by atoms with E-state index in [-0.39, 0.29) is 5.91 Å². The van der Waals surface area contributed by atoms with Crippen molar-refractivity contribution in [2.75, 3.05) is 38.0 Å². The number of rotatable bonds is 5. The van der Waals surface area contributed by atoms with E-state index in [1.807, 2.05) is 20.0 Å². The van der Waals surface area contributed by atoms with Crippen molar-refractivity contribution in [2.45, 2.75) is 20.4 Å². The quantitative estimate of drug-likeness (QED) is 0.901. The molecule has 1 aromatic heterocycles. The van der Waals surface area contributed by atoms with Gasteiger partial charge in [-0.05, 0) is 19.4 Å². The van der Waals surface area contributed by atoms with Gasteiger partial charge in [0, 0.05) is 45.8 Å². The lowest BCUT2D eigenvalue weighted by molar-refractivity contribution is -0.117. The Bertz CT molecular complexity index is 731. The molecule has 6 heteroatoms. The highest BCUT2D eigenvalue weighted by atomic mass is 16.2. The van der Waals surface area contributed by atoms with E-state index in [4.69, 9.17) is 0 Å². The van der Waals surface area contributed by atoms with E-state index in [9.17, 15) is 4.79 Å². The van der Waals surface area contributed by atoms with Crippen molar-refractivity contribution in [2.24, 2.45) is 7.05 Å². The summed E-state index contributed by atoms with van der Waals surface area (Å²) in [6, 6.07) is 10.6. The van der Waals surface area contributed by atoms with Crippen LogP contribution in [0.5, 0.6) is 0 Å². The molecule has 1 saturated heterocycles. The van der Waals surface area contributed by atoms with Crippen molar-refractivity contribution < 1.29 is 4.79 Å². The third kappa shape index (κ3) is 4.90. The van der Waals surface area contributed by atoms with Crippen molar-refractivity contribution in [1.82, 2.24) is 19.6 Å². The van der Waals surface area contributed by atoms with Crippen molar-refractivity contribution in [1.29, 1.82) is 0 Å². The van der Waals surface area contributed by atoms with Crippen LogP contribution in [0.25, 0.3) is 0 Å². The van der Waals surface area contributed by atoms with Gasteiger partial charge in [0.05, 0.1) is 12.2 Å². The molecule has 25 heavy (non-hydrogen) atoms. The van der Waals surface area contributed by atoms with E-state index >= 15 is 0 Å². The van der Waals surface area contributed by atoms with E-state index < -0.39 is 0 Å². The van der Waals surface area contributed by atoms with Gasteiger partial charge in [0.15, 0.2) is 0 Å². The molecule has 3 rings (SSSR count). The molecule has 1 fully saturated rings. The standard InChI is InChI=1S/C19H27N5O/c1-15-5-4-6-17(11-15)13-23-7-9-24(10-8-23)14-19(25)20-18-12-16(2)21-22(18)3/h4-6,11-12H,7-10,13-14H2,1-3H3,(H,20,25). The Balaban J connectivity index is 1.44. The number of aryl methyl sites for hydroxylation is 3. The fourth-order valence-corrected chi connectivity index (χ4v) is 3.29. The van der Waals surface area contributed by atoms with E-state index in [0.717, 1.165) is 44.2 Å². The third-order valence-corrected chi connectivity index (χ3v) is 4.59. The normalized spacial score (nSPS) is 16.1. The first kappa shape index (κ1) is 17.6. The highest BCUT2D eigenvalue weighted by Crippen LogP contribution is 2.11. The van der Waals surface area contributed by atoms with E-state index in [1.165, 1.54) is 11.1 Å². The topological polar surface area (TPSA) is 53.4 Å². The van der Waals surface area contributed by atoms with Crippen molar-refractivity contribution in [3.05, 3.63) is 47.2 Å². The maximum absolute atomic E-state index is 12.2. The number of aromatic nitrogens is 2. The van der Waals surface area contributed by atoms with Crippen molar-refractivity contribution >= 4 is 11.7 Å². The zero-order valence-electron chi connectivity index (χ0n) is 15.3. The van der Waals surface area contributed by atoms with Crippen molar-refractivity contribution in [3.63, 3.8) is 0 Å². The van der Waals surface area contributed by atoms with Crippen LogP contribution in [0.2, 0.25) is 0 Å². The van der Waals surface area contributed by atoms with Crippen LogP contribution in [-0.2, 0) is 18.4 Å². The van der Waals surface area contributed by atoms with Gasteiger partial charge in [-0.15, -0.1) is 0 Å². The average molecular weight is 341 g/mol. The van der Waals surface area contributed by atoms with E-state index in [0.29, 0.717) is 6.54 Å². The smallest absolute Gasteiger partial charge is 0.239 e. The second-order valence-corrected chi connectivity index (χ2v) is 6.88. The second-order valence-electron chi connectivity index (χ2n) is 6.88. The van der Waals surface area contributed by atoms with Crippen LogP contribution in [-0.4, -0.2) is 58.2 Å². The molecule has 134 valence electrons. The highest BCUT2D eigenvalue weighted by molar-refractivity contribution is 5.91. The number of anilines is 1. The summed E-state index contributed by atoms with van der Waals surface area (Å²) in [5, 5.41) is 7.19. The Kier molecular flexibility index (Phi) is 5.50. The van der Waals surface area contributed by atoms with Crippen LogP contribution >= 0.6 is 0 Å². The van der Waals surface area contributed by atoms with Gasteiger partial charge in [-0.1, -0.05) is 29.8 Å². The minimum absolute atomic E-state index is 0.0233. The molecule has 0 bridgehead atoms. The summed E-state index contributed by atoms with van der Waals surface area (Å²) in [4.78, 5) is 16.9. The number of hydrogen-bond donors (Lipinski definition) is 1. The van der Waals surface area contributed by atoms with Gasteiger partial charge in [0.25, 0.3) is 0 Å². The minimum Gasteiger partial charge on any atom is -0.310 e. The molecule has 1 N–H and O–H groups in total. The molecule has 6 nitrogen and oxygen atoms in total. The maximum Gasteiger partial charge on any atom is 0.239 e. The van der Waals surface area contributed by atoms with Crippen LogP contribution in [0.3, 0.4) is 0 Å². The zero-order chi connectivity index (χ0) is 17.8. The molecule has 2 heterocycles. The number of hydrogen-bond acceptors (Lipinski definition) is 4. The maximum atomic E-state index is 12.2. The predicted molar refractivity (Wildman–Crippen MR) is 99.5 cm³/mol. The van der Waals surface area contributed by atoms with Gasteiger partial charge in [0.1, 0.15) is 5.82 Å². The first-order chi connectivity index (χ1) is 12.0. The summed E-state index contributed by atoms with van der Waals surface area (Å²) in [5.41, 5.74) is 3.57. The minimum atomic E-state index is 0.0233. The largest absolute Gasteiger partial charge is 0.310 e. The monoisotopic (exact) mass is 341 g/mol. The lowest BCUT2D eigenvalue weighted by Crippen LogP contribution is -2.48. The van der Waals surface area contributed by atoms with Crippen LogP contribution in [0.1, 0.15) is 16.8 Å². The summed E-state index contributed by atoms with van der Waals surface area (Å²) in [7, 11) is 1.84. The Labute approximate surface area is 149 Å². The van der Waals surface area contributed by atoms with Crippen LogP contribution in [0.4, 0.5) is 5.82 Å². The van der Waals surface area contributed by atoms with Gasteiger partial charge < -0.3 is 5.32 Å². The molecule has 0 atom stereocenters. The van der Waals surface area contributed by atoms with Gasteiger partial charge in [-0.25, -0.2) is 0 Å². The Morgan fingerprint density at radius 3 is 2.48 bits per heavy atom. The fourth-order valence-electron chi connectivity index (χ4n) is 3.29. The number of benzene rings is 1. The van der Waals surface area contributed by atoms with Crippen LogP contribution < -0.4 is 5.32 Å². The number of carbonyl (C=O) groups excluding carboxylic acids is 1. The molecule has 0 aliphatic carbocycles. The molecule has 1 aliphatic heterocycles. The second kappa shape index (κ2) is 7.80. The number of nitrogens with zero attached hydrogens (tertiary/aromatic N) is 4. The Hall–Kier alpha value is -2.18. The lowest BCUT2D eigenvalue weighted by atomic mass is 10.1. The highest BCUT2D eigenvalue weighted by Gasteiger charge is 2.19. The Morgan fingerprint density at radius 2 is 1.84 bits per heavy atom. The molecule has 2 aromatic rings. The number of amides is 1. The first-order valence-corrected chi connectivity index (χ1v) is 8.80. The SMILES string of the molecule is Cc1cccc(CN2CCN(CC(=O)Nc3cc(C)nn3C)CC2)c1. The lowest BCUT2D eigenvalue weighted by Gasteiger charge is -2.34. The zero-order valence-corrected chi connectivity index (χ0v) is 15.3. The predicted octanol–water partition coefficient (Wildman–Crippen LogP) is 1.79. The van der Waals surface area contributed by atoms with E-state index in [2.05, 4.69) is 51.4 Å². The molecule has 0 radical (unpaired) electrons. The molecule has 0 saturated carbocycles. The van der Waals surface area contributed by atoms with Gasteiger partial charge in [-0.2, -0.15) is 5.10 Å². The van der Waals surface area contributed by atoms with Crippen molar-refractivity contribution in [3.8, 4) is 0 Å². The summed E-state index contributed by atoms with van der Waals surface area (Å²) in [6.07, 6.45) is 0. The molecule has 1 aliphatic rings. The van der Waals surface area contributed by atoms with Crippen LogP contribution in [0, 0.1) is 13.8 Å². The summed E-state index contributed by atoms with van der Waals surface area (Å²) in [5.74, 6) is 0.774. The summed E-state index contributed by atoms with van der Waals surface area (Å²) < 4.78 is 1.70. The number of nitrogens with one attached hydrogen (secondary N) is 1. The Morgan fingerprint density at radius 1 is 1.12 bits per heavy atom. The summed E-state index contributed by atoms with van der Waals surface area (Å²) in [6.45, 7) is 9.29. The molecule has 0 unspecified atom stereocenters. The van der Waals surface area contributed by atoms with Gasteiger partial charge >= 0.3 is 0 Å². The molecule has 1 amide bonds. The molecule has 0 spiro atoms. The number of carbonyl (C=O) groups is 1. The molecule has 1 aromatic carbocycles. The van der Waals surface area contributed by atoms with Gasteiger partial charge in [-0.3, -0.25) is 19.3 Å².